The van der Waals surface area contributed by atoms with Gasteiger partial charge in [-0.3, -0.25) is 14.9 Å². The molecule has 0 amide bonds. The smallest absolute Gasteiger partial charge is 0.282 e. The third-order valence-corrected chi connectivity index (χ3v) is 5.01. The summed E-state index contributed by atoms with van der Waals surface area (Å²) in [5, 5.41) is 33.1. The molecule has 1 atom stereocenters. The Balaban J connectivity index is 1.92. The number of aryl methyl sites for hydroxylation is 2. The number of nitrogens with one attached hydrogen (secondary N) is 1. The Morgan fingerprint density at radius 2 is 1.85 bits per heavy atom. The second kappa shape index (κ2) is 10.2. The summed E-state index contributed by atoms with van der Waals surface area (Å²) in [6.07, 6.45) is -1.07. The number of nitro groups is 1. The van der Waals surface area contributed by atoms with Crippen LogP contribution < -0.4 is 10.1 Å². The first kappa shape index (κ1) is 23.8. The number of ketones is 1. The molecule has 8 nitrogen and oxygen atoms in total. The van der Waals surface area contributed by atoms with E-state index in [1.54, 1.807) is 26.0 Å². The first-order valence-electron chi connectivity index (χ1n) is 10.1. The lowest BCUT2D eigenvalue weighted by Crippen LogP contribution is -2.21. The molecule has 172 valence electrons. The van der Waals surface area contributed by atoms with Crippen LogP contribution in [0.5, 0.6) is 5.75 Å². The van der Waals surface area contributed by atoms with E-state index in [0.29, 0.717) is 22.5 Å². The summed E-state index contributed by atoms with van der Waals surface area (Å²) in [4.78, 5) is 24.3. The molecule has 9 heteroatoms. The van der Waals surface area contributed by atoms with Crippen molar-refractivity contribution in [3.63, 3.8) is 0 Å². The minimum absolute atomic E-state index is 0.1000. The van der Waals surface area contributed by atoms with Crippen molar-refractivity contribution in [1.82, 2.24) is 0 Å². The Kier molecular flexibility index (Phi) is 7.37. The number of nitro benzene ring substituents is 1. The van der Waals surface area contributed by atoms with Gasteiger partial charge >= 0.3 is 0 Å². The summed E-state index contributed by atoms with van der Waals surface area (Å²) in [6.45, 7) is 2.76. The molecule has 0 aliphatic heterocycles. The maximum Gasteiger partial charge on any atom is 0.282 e. The molecule has 0 heterocycles. The van der Waals surface area contributed by atoms with Gasteiger partial charge in [-0.1, -0.05) is 6.07 Å². The fourth-order valence-corrected chi connectivity index (χ4v) is 3.20. The Bertz CT molecular complexity index is 1200. The van der Waals surface area contributed by atoms with Crippen molar-refractivity contribution in [3.05, 3.63) is 92.8 Å². The Morgan fingerprint density at radius 1 is 1.09 bits per heavy atom. The summed E-state index contributed by atoms with van der Waals surface area (Å²) in [6, 6.07) is 13.0. The van der Waals surface area contributed by atoms with E-state index in [1.807, 2.05) is 0 Å². The lowest BCUT2D eigenvalue weighted by atomic mass is 9.97. The van der Waals surface area contributed by atoms with Gasteiger partial charge in [0, 0.05) is 23.0 Å². The molecule has 0 spiro atoms. The molecule has 0 saturated heterocycles. The molecule has 0 aliphatic carbocycles. The maximum absolute atomic E-state index is 13.3. The lowest BCUT2D eigenvalue weighted by Gasteiger charge is -2.13. The van der Waals surface area contributed by atoms with Gasteiger partial charge in [-0.25, -0.2) is 4.39 Å². The van der Waals surface area contributed by atoms with E-state index in [4.69, 9.17) is 9.84 Å². The quantitative estimate of drug-likeness (QED) is 0.253. The van der Waals surface area contributed by atoms with E-state index in [2.05, 4.69) is 5.32 Å². The normalized spacial score (nSPS) is 11.7. The molecule has 3 aromatic rings. The molecule has 0 aromatic heterocycles. The van der Waals surface area contributed by atoms with Crippen molar-refractivity contribution >= 4 is 22.8 Å². The molecule has 3 rings (SSSR count). The highest BCUT2D eigenvalue weighted by Gasteiger charge is 2.24. The molecular formula is C24H23FN2O6. The van der Waals surface area contributed by atoms with Gasteiger partial charge in [-0.2, -0.15) is 0 Å². The third-order valence-electron chi connectivity index (χ3n) is 5.01. The SMILES string of the molecule is Cc1cc(F)ccc1Nc1ccc(C(=O)c2cc(OCC(O)CO)ccc2C)c([N+](=O)[O-])c1. The number of carbonyl (C=O) groups excluding carboxylic acids is 1. The van der Waals surface area contributed by atoms with Gasteiger partial charge < -0.3 is 20.3 Å². The van der Waals surface area contributed by atoms with Gasteiger partial charge in [0.1, 0.15) is 29.8 Å². The van der Waals surface area contributed by atoms with Gasteiger partial charge in [0.15, 0.2) is 5.78 Å². The second-order valence-electron chi connectivity index (χ2n) is 7.53. The standard InChI is InChI=1S/C24H23FN2O6/c1-14-3-6-19(33-13-18(29)12-28)11-21(14)24(30)20-7-5-17(10-23(20)27(31)32)26-22-8-4-16(25)9-15(22)2/h3-11,18,26,28-29H,12-13H2,1-2H3. The van der Waals surface area contributed by atoms with Crippen molar-refractivity contribution < 1.29 is 29.1 Å². The van der Waals surface area contributed by atoms with Crippen LogP contribution in [-0.2, 0) is 0 Å². The monoisotopic (exact) mass is 454 g/mol. The molecular weight excluding hydrogens is 431 g/mol. The van der Waals surface area contributed by atoms with Crippen molar-refractivity contribution in [2.75, 3.05) is 18.5 Å². The molecule has 3 aromatic carbocycles. The molecule has 33 heavy (non-hydrogen) atoms. The number of hydrogen-bond acceptors (Lipinski definition) is 7. The lowest BCUT2D eigenvalue weighted by molar-refractivity contribution is -0.385. The summed E-state index contributed by atoms with van der Waals surface area (Å²) < 4.78 is 18.7. The Labute approximate surface area is 189 Å². The van der Waals surface area contributed by atoms with Crippen molar-refractivity contribution in [3.8, 4) is 5.75 Å². The fourth-order valence-electron chi connectivity index (χ4n) is 3.20. The van der Waals surface area contributed by atoms with Crippen LogP contribution in [-0.4, -0.2) is 40.2 Å². The zero-order valence-corrected chi connectivity index (χ0v) is 18.0. The number of benzene rings is 3. The number of carbonyl (C=O) groups is 1. The third kappa shape index (κ3) is 5.71. The predicted molar refractivity (Wildman–Crippen MR) is 121 cm³/mol. The summed E-state index contributed by atoms with van der Waals surface area (Å²) in [5.74, 6) is -0.668. The Morgan fingerprint density at radius 3 is 2.52 bits per heavy atom. The van der Waals surface area contributed by atoms with Crippen LogP contribution in [0.3, 0.4) is 0 Å². The molecule has 0 fully saturated rings. The first-order chi connectivity index (χ1) is 15.7. The topological polar surface area (TPSA) is 122 Å². The van der Waals surface area contributed by atoms with Gasteiger partial charge in [-0.15, -0.1) is 0 Å². The number of anilines is 2. The summed E-state index contributed by atoms with van der Waals surface area (Å²) in [7, 11) is 0. The average Bonchev–Trinajstić information content (AvgIpc) is 2.79. The molecule has 0 saturated carbocycles. The molecule has 3 N–H and O–H groups in total. The first-order valence-corrected chi connectivity index (χ1v) is 10.1. The van der Waals surface area contributed by atoms with E-state index in [9.17, 15) is 24.4 Å². The van der Waals surface area contributed by atoms with Crippen LogP contribution in [0.1, 0.15) is 27.0 Å². The highest BCUT2D eigenvalue weighted by atomic mass is 19.1. The highest BCUT2D eigenvalue weighted by molar-refractivity contribution is 6.12. The highest BCUT2D eigenvalue weighted by Crippen LogP contribution is 2.30. The van der Waals surface area contributed by atoms with E-state index < -0.39 is 29.2 Å². The van der Waals surface area contributed by atoms with Crippen LogP contribution in [0, 0.1) is 29.8 Å². The van der Waals surface area contributed by atoms with Gasteiger partial charge in [0.25, 0.3) is 5.69 Å². The van der Waals surface area contributed by atoms with Crippen LogP contribution >= 0.6 is 0 Å². The van der Waals surface area contributed by atoms with Gasteiger partial charge in [0.2, 0.25) is 0 Å². The molecule has 0 bridgehead atoms. The van der Waals surface area contributed by atoms with E-state index in [0.717, 1.165) is 0 Å². The number of nitrogens with zero attached hydrogens (tertiary/aromatic N) is 1. The van der Waals surface area contributed by atoms with Crippen molar-refractivity contribution in [2.45, 2.75) is 20.0 Å². The summed E-state index contributed by atoms with van der Waals surface area (Å²) >= 11 is 0. The minimum atomic E-state index is -1.07. The number of rotatable bonds is 9. The predicted octanol–water partition coefficient (Wildman–Crippen LogP) is 4.06. The second-order valence-corrected chi connectivity index (χ2v) is 7.53. The number of hydrogen-bond donors (Lipinski definition) is 3. The zero-order chi connectivity index (χ0) is 24.1. The van der Waals surface area contributed by atoms with E-state index in [-0.39, 0.29) is 29.2 Å². The molecule has 1 unspecified atom stereocenters. The number of ether oxygens (including phenoxy) is 1. The van der Waals surface area contributed by atoms with E-state index >= 15 is 0 Å². The minimum Gasteiger partial charge on any atom is -0.491 e. The Hall–Kier alpha value is -3.82. The van der Waals surface area contributed by atoms with Gasteiger partial charge in [0.05, 0.1) is 11.5 Å². The largest absolute Gasteiger partial charge is 0.491 e. The zero-order valence-electron chi connectivity index (χ0n) is 18.0. The fraction of sp³-hybridized carbons (Fsp3) is 0.208. The maximum atomic E-state index is 13.3. The number of halogens is 1. The number of aliphatic hydroxyl groups is 2. The van der Waals surface area contributed by atoms with Crippen LogP contribution in [0.4, 0.5) is 21.5 Å². The van der Waals surface area contributed by atoms with Crippen molar-refractivity contribution in [2.24, 2.45) is 0 Å². The van der Waals surface area contributed by atoms with Crippen molar-refractivity contribution in [1.29, 1.82) is 0 Å². The van der Waals surface area contributed by atoms with E-state index in [1.165, 1.54) is 42.5 Å². The van der Waals surface area contributed by atoms with Crippen LogP contribution in [0.15, 0.2) is 54.6 Å². The van der Waals surface area contributed by atoms with Crippen LogP contribution in [0.2, 0.25) is 0 Å². The summed E-state index contributed by atoms with van der Waals surface area (Å²) in [5.41, 5.74) is 1.90. The molecule has 0 aliphatic rings. The number of aliphatic hydroxyl groups excluding tert-OH is 2. The molecule has 0 radical (unpaired) electrons. The average molecular weight is 454 g/mol. The van der Waals surface area contributed by atoms with Crippen LogP contribution in [0.25, 0.3) is 0 Å². The van der Waals surface area contributed by atoms with Gasteiger partial charge in [-0.05, 0) is 67.4 Å².